The van der Waals surface area contributed by atoms with Crippen LogP contribution in [0, 0.1) is 0 Å². The lowest BCUT2D eigenvalue weighted by molar-refractivity contribution is 0.104. The maximum Gasteiger partial charge on any atom is 0.194 e. The first-order valence-corrected chi connectivity index (χ1v) is 7.05. The van der Waals surface area contributed by atoms with Crippen molar-refractivity contribution in [2.75, 3.05) is 0 Å². The van der Waals surface area contributed by atoms with E-state index in [9.17, 15) is 4.79 Å². The highest BCUT2D eigenvalue weighted by molar-refractivity contribution is 6.21. The summed E-state index contributed by atoms with van der Waals surface area (Å²) in [7, 11) is 0. The van der Waals surface area contributed by atoms with E-state index in [2.05, 4.69) is 9.97 Å². The number of carbonyl (C=O) groups is 1. The highest BCUT2D eigenvalue weighted by Gasteiger charge is 2.14. The zero-order valence-electron chi connectivity index (χ0n) is 11.7. The Labute approximate surface area is 127 Å². The van der Waals surface area contributed by atoms with Gasteiger partial charge in [-0.15, -0.1) is 0 Å². The van der Waals surface area contributed by atoms with E-state index in [0.717, 1.165) is 21.5 Å². The summed E-state index contributed by atoms with van der Waals surface area (Å²) in [6.07, 6.45) is 6.98. The van der Waals surface area contributed by atoms with Gasteiger partial charge >= 0.3 is 0 Å². The first-order chi connectivity index (χ1) is 10.8. The largest absolute Gasteiger partial charge is 0.289 e. The molecule has 0 amide bonds. The van der Waals surface area contributed by atoms with Crippen molar-refractivity contribution in [3.63, 3.8) is 0 Å². The summed E-state index contributed by atoms with van der Waals surface area (Å²) in [6, 6.07) is 15.2. The lowest BCUT2D eigenvalue weighted by Crippen LogP contribution is -2.03. The van der Waals surface area contributed by atoms with E-state index in [-0.39, 0.29) is 5.78 Å². The average molecular weight is 284 g/mol. The number of hydrogen-bond acceptors (Lipinski definition) is 3. The van der Waals surface area contributed by atoms with E-state index < -0.39 is 0 Å². The monoisotopic (exact) mass is 284 g/mol. The van der Waals surface area contributed by atoms with E-state index in [0.29, 0.717) is 11.1 Å². The van der Waals surface area contributed by atoms with Gasteiger partial charge in [0.05, 0.1) is 0 Å². The van der Waals surface area contributed by atoms with E-state index in [4.69, 9.17) is 0 Å². The van der Waals surface area contributed by atoms with Crippen LogP contribution in [0.2, 0.25) is 0 Å². The molecule has 0 radical (unpaired) electrons. The van der Waals surface area contributed by atoms with Crippen LogP contribution in [0.15, 0.2) is 73.3 Å². The SMILES string of the molecule is O=C(c1cccc2cnccc12)c1cccc2cnccc12. The topological polar surface area (TPSA) is 42.9 Å². The minimum atomic E-state index is 0.0219. The molecule has 0 unspecified atom stereocenters. The van der Waals surface area contributed by atoms with Gasteiger partial charge in [-0.2, -0.15) is 0 Å². The second-order valence-electron chi connectivity index (χ2n) is 5.13. The molecule has 0 aliphatic carbocycles. The van der Waals surface area contributed by atoms with Gasteiger partial charge in [0.25, 0.3) is 0 Å². The number of nitrogens with zero attached hydrogens (tertiary/aromatic N) is 2. The van der Waals surface area contributed by atoms with Crippen molar-refractivity contribution in [1.82, 2.24) is 9.97 Å². The third-order valence-electron chi connectivity index (χ3n) is 3.85. The highest BCUT2D eigenvalue weighted by atomic mass is 16.1. The van der Waals surface area contributed by atoms with Crippen molar-refractivity contribution in [2.45, 2.75) is 0 Å². The Bertz CT molecular complexity index is 916. The van der Waals surface area contributed by atoms with Gasteiger partial charge in [0.2, 0.25) is 0 Å². The second kappa shape index (κ2) is 5.04. The zero-order chi connectivity index (χ0) is 14.9. The van der Waals surface area contributed by atoms with Gasteiger partial charge in [-0.3, -0.25) is 14.8 Å². The lowest BCUT2D eigenvalue weighted by Gasteiger charge is -2.08. The number of pyridine rings is 2. The maximum atomic E-state index is 13.0. The summed E-state index contributed by atoms with van der Waals surface area (Å²) >= 11 is 0. The third-order valence-corrected chi connectivity index (χ3v) is 3.85. The maximum absolute atomic E-state index is 13.0. The van der Waals surface area contributed by atoms with Crippen molar-refractivity contribution in [3.8, 4) is 0 Å². The number of hydrogen-bond donors (Lipinski definition) is 0. The van der Waals surface area contributed by atoms with Crippen LogP contribution in [0.5, 0.6) is 0 Å². The average Bonchev–Trinajstić information content (AvgIpc) is 2.60. The Morgan fingerprint density at radius 2 is 1.18 bits per heavy atom. The van der Waals surface area contributed by atoms with Crippen molar-refractivity contribution in [1.29, 1.82) is 0 Å². The number of rotatable bonds is 2. The zero-order valence-corrected chi connectivity index (χ0v) is 11.7. The van der Waals surface area contributed by atoms with Crippen molar-refractivity contribution in [3.05, 3.63) is 84.4 Å². The van der Waals surface area contributed by atoms with Crippen molar-refractivity contribution in [2.24, 2.45) is 0 Å². The molecule has 0 spiro atoms. The number of aromatic nitrogens is 2. The molecule has 0 saturated heterocycles. The number of ketones is 1. The summed E-state index contributed by atoms with van der Waals surface area (Å²) < 4.78 is 0. The smallest absolute Gasteiger partial charge is 0.194 e. The van der Waals surface area contributed by atoms with E-state index in [1.807, 2.05) is 48.5 Å². The third kappa shape index (κ3) is 1.95. The van der Waals surface area contributed by atoms with Gasteiger partial charge in [-0.1, -0.05) is 36.4 Å². The fourth-order valence-electron chi connectivity index (χ4n) is 2.79. The van der Waals surface area contributed by atoms with Crippen LogP contribution >= 0.6 is 0 Å². The quantitative estimate of drug-likeness (QED) is 0.522. The highest BCUT2D eigenvalue weighted by Crippen LogP contribution is 2.24. The van der Waals surface area contributed by atoms with Gasteiger partial charge in [0, 0.05) is 46.7 Å². The summed E-state index contributed by atoms with van der Waals surface area (Å²) in [5, 5.41) is 3.78. The molecule has 4 aromatic rings. The normalized spacial score (nSPS) is 10.9. The Morgan fingerprint density at radius 3 is 1.68 bits per heavy atom. The molecule has 0 N–H and O–H groups in total. The molecule has 0 aliphatic rings. The number of carbonyl (C=O) groups excluding carboxylic acids is 1. The van der Waals surface area contributed by atoms with Crippen LogP contribution in [0.4, 0.5) is 0 Å². The molecular formula is C19H12N2O. The van der Waals surface area contributed by atoms with Crippen LogP contribution in [-0.2, 0) is 0 Å². The Kier molecular flexibility index (Phi) is 2.90. The summed E-state index contributed by atoms with van der Waals surface area (Å²) in [5.74, 6) is 0.0219. The summed E-state index contributed by atoms with van der Waals surface area (Å²) in [6.45, 7) is 0. The summed E-state index contributed by atoms with van der Waals surface area (Å²) in [5.41, 5.74) is 1.40. The lowest BCUT2D eigenvalue weighted by atomic mass is 9.95. The van der Waals surface area contributed by atoms with Gasteiger partial charge in [-0.25, -0.2) is 0 Å². The van der Waals surface area contributed by atoms with Crippen LogP contribution in [0.1, 0.15) is 15.9 Å². The van der Waals surface area contributed by atoms with Crippen LogP contribution in [0.3, 0.4) is 0 Å². The van der Waals surface area contributed by atoms with Crippen LogP contribution < -0.4 is 0 Å². The molecule has 0 atom stereocenters. The molecule has 0 fully saturated rings. The molecule has 0 saturated carbocycles. The second-order valence-corrected chi connectivity index (χ2v) is 5.13. The van der Waals surface area contributed by atoms with Gasteiger partial charge < -0.3 is 0 Å². The molecule has 2 heterocycles. The molecule has 3 nitrogen and oxygen atoms in total. The minimum absolute atomic E-state index is 0.0219. The Hall–Kier alpha value is -3.07. The van der Waals surface area contributed by atoms with Crippen molar-refractivity contribution >= 4 is 27.3 Å². The molecule has 2 aromatic heterocycles. The predicted molar refractivity (Wildman–Crippen MR) is 86.9 cm³/mol. The van der Waals surface area contributed by atoms with Gasteiger partial charge in [0.15, 0.2) is 5.78 Å². The molecule has 0 bridgehead atoms. The molecule has 104 valence electrons. The number of fused-ring (bicyclic) bond motifs is 2. The molecule has 22 heavy (non-hydrogen) atoms. The van der Waals surface area contributed by atoms with E-state index >= 15 is 0 Å². The Balaban J connectivity index is 1.97. The fourth-order valence-corrected chi connectivity index (χ4v) is 2.79. The standard InChI is InChI=1S/C19H12N2O/c22-19(17-5-1-3-13-11-20-9-7-15(13)17)18-6-2-4-14-12-21-10-8-16(14)18/h1-12H. The van der Waals surface area contributed by atoms with Gasteiger partial charge in [0.1, 0.15) is 0 Å². The predicted octanol–water partition coefficient (Wildman–Crippen LogP) is 4.01. The molecule has 0 aliphatic heterocycles. The van der Waals surface area contributed by atoms with E-state index in [1.165, 1.54) is 0 Å². The first-order valence-electron chi connectivity index (χ1n) is 7.05. The molecule has 2 aromatic carbocycles. The first kappa shape index (κ1) is 12.7. The number of benzene rings is 2. The Morgan fingerprint density at radius 1 is 0.682 bits per heavy atom. The van der Waals surface area contributed by atoms with Crippen molar-refractivity contribution < 1.29 is 4.79 Å². The van der Waals surface area contributed by atoms with E-state index in [1.54, 1.807) is 24.8 Å². The summed E-state index contributed by atoms with van der Waals surface area (Å²) in [4.78, 5) is 21.3. The molecule has 3 heteroatoms. The van der Waals surface area contributed by atoms with Crippen LogP contribution in [0.25, 0.3) is 21.5 Å². The molecular weight excluding hydrogens is 272 g/mol. The fraction of sp³-hybridized carbons (Fsp3) is 0. The molecule has 4 rings (SSSR count). The van der Waals surface area contributed by atoms with Crippen LogP contribution in [-0.4, -0.2) is 15.8 Å². The van der Waals surface area contributed by atoms with Gasteiger partial charge in [-0.05, 0) is 22.9 Å². The minimum Gasteiger partial charge on any atom is -0.289 e.